The van der Waals surface area contributed by atoms with Crippen molar-refractivity contribution in [2.24, 2.45) is 34.0 Å². The van der Waals surface area contributed by atoms with E-state index in [1.807, 2.05) is 0 Å². The molecular weight excluding hydrogens is 320 g/mol. The first-order valence-corrected chi connectivity index (χ1v) is 9.91. The van der Waals surface area contributed by atoms with Crippen LogP contribution in [0.3, 0.4) is 0 Å². The van der Waals surface area contributed by atoms with Crippen molar-refractivity contribution in [1.82, 2.24) is 0 Å². The Bertz CT molecular complexity index is 669. The van der Waals surface area contributed by atoms with Gasteiger partial charge in [-0.2, -0.15) is 0 Å². The minimum absolute atomic E-state index is 0.0441. The fraction of sp³-hybridized carbons (Fsp3) is 0.950. The topological polar surface area (TPSA) is 54.0 Å². The molecule has 0 N–H and O–H groups in total. The Morgan fingerprint density at radius 3 is 2.76 bits per heavy atom. The number of rotatable bonds is 0. The van der Waals surface area contributed by atoms with E-state index in [-0.39, 0.29) is 46.6 Å². The molecule has 0 bridgehead atoms. The number of carbonyl (C=O) groups excluding carboxylic acids is 1. The van der Waals surface area contributed by atoms with Crippen molar-refractivity contribution in [3.05, 3.63) is 0 Å². The molecule has 2 aliphatic carbocycles. The lowest BCUT2D eigenvalue weighted by molar-refractivity contribution is -0.204. The van der Waals surface area contributed by atoms with Gasteiger partial charge in [-0.3, -0.25) is 0 Å². The number of fused-ring (bicyclic) bond motifs is 1. The van der Waals surface area contributed by atoms with E-state index in [1.54, 1.807) is 0 Å². The van der Waals surface area contributed by atoms with Crippen LogP contribution in [-0.4, -0.2) is 43.3 Å². The van der Waals surface area contributed by atoms with Gasteiger partial charge in [0.05, 0.1) is 18.1 Å². The van der Waals surface area contributed by atoms with Gasteiger partial charge in [0.25, 0.3) is 0 Å². The maximum absolute atomic E-state index is 13.3. The molecule has 9 atom stereocenters. The van der Waals surface area contributed by atoms with Crippen LogP contribution in [0.15, 0.2) is 0 Å². The van der Waals surface area contributed by atoms with E-state index in [2.05, 4.69) is 27.7 Å². The monoisotopic (exact) mass is 348 g/mol. The average molecular weight is 348 g/mol. The number of carbonyl (C=O) groups is 1. The molecule has 6 fully saturated rings. The molecule has 4 saturated heterocycles. The molecule has 5 unspecified atom stereocenters. The summed E-state index contributed by atoms with van der Waals surface area (Å²) in [5, 5.41) is 0. The van der Waals surface area contributed by atoms with Gasteiger partial charge >= 0.3 is 5.97 Å². The van der Waals surface area contributed by atoms with Crippen LogP contribution in [0.1, 0.15) is 47.0 Å². The van der Waals surface area contributed by atoms with E-state index < -0.39 is 5.60 Å². The van der Waals surface area contributed by atoms with Gasteiger partial charge in [-0.05, 0) is 36.5 Å². The predicted octanol–water partition coefficient (Wildman–Crippen LogP) is 2.52. The third kappa shape index (κ3) is 1.28. The second-order valence-electron chi connectivity index (χ2n) is 10.4. The van der Waals surface area contributed by atoms with Crippen molar-refractivity contribution < 1.29 is 23.7 Å². The minimum Gasteiger partial charge on any atom is -0.459 e. The van der Waals surface area contributed by atoms with Crippen molar-refractivity contribution in [3.63, 3.8) is 0 Å². The van der Waals surface area contributed by atoms with Gasteiger partial charge in [-0.25, -0.2) is 4.79 Å². The first-order chi connectivity index (χ1) is 11.8. The highest BCUT2D eigenvalue weighted by atomic mass is 16.7. The molecule has 0 amide bonds. The Balaban J connectivity index is 1.62. The lowest BCUT2D eigenvalue weighted by Gasteiger charge is -2.46. The molecule has 25 heavy (non-hydrogen) atoms. The standard InChI is InChI=1S/C20H28O5/c1-10-9-23-11-8-19-13-7-12(17(2,3)4)18(19)5-6-22-16(18)25-20(19,14(10)11)15(21)24-13/h10-14,16H,5-9H2,1-4H3/t10-,11?,12+,13?,14+,16+,18?,19?,20?/m1/s1. The van der Waals surface area contributed by atoms with Crippen LogP contribution >= 0.6 is 0 Å². The minimum atomic E-state index is -0.844. The highest BCUT2D eigenvalue weighted by molar-refractivity contribution is 5.87. The lowest BCUT2D eigenvalue weighted by Crippen LogP contribution is -2.55. The quantitative estimate of drug-likeness (QED) is 0.630. The molecule has 5 heteroatoms. The molecule has 0 aromatic heterocycles. The molecule has 4 aliphatic heterocycles. The maximum atomic E-state index is 13.3. The van der Waals surface area contributed by atoms with Gasteiger partial charge in [0.2, 0.25) is 0 Å². The molecule has 2 spiro atoms. The summed E-state index contributed by atoms with van der Waals surface area (Å²) in [7, 11) is 0. The highest BCUT2D eigenvalue weighted by Crippen LogP contribution is 2.83. The zero-order valence-electron chi connectivity index (χ0n) is 15.5. The molecule has 0 aromatic carbocycles. The van der Waals surface area contributed by atoms with Gasteiger partial charge < -0.3 is 18.9 Å². The van der Waals surface area contributed by atoms with Gasteiger partial charge in [0.15, 0.2) is 11.9 Å². The van der Waals surface area contributed by atoms with E-state index in [9.17, 15) is 4.79 Å². The smallest absolute Gasteiger partial charge is 0.340 e. The SMILES string of the molecule is C[C@@H]1COC2CC34C5C[C@@H](C(C)(C)C)C36CCO[C@H]6OC4(C(=O)O5)[C@H]21. The Morgan fingerprint density at radius 1 is 1.20 bits per heavy atom. The normalized spacial score (nSPS) is 61.2. The van der Waals surface area contributed by atoms with E-state index in [0.29, 0.717) is 11.8 Å². The maximum Gasteiger partial charge on any atom is 0.340 e. The van der Waals surface area contributed by atoms with Gasteiger partial charge in [-0.1, -0.05) is 27.7 Å². The summed E-state index contributed by atoms with van der Waals surface area (Å²) in [6.45, 7) is 10.6. The fourth-order valence-corrected chi connectivity index (χ4v) is 8.33. The number of hydrogen-bond donors (Lipinski definition) is 0. The Morgan fingerprint density at radius 2 is 2.00 bits per heavy atom. The van der Waals surface area contributed by atoms with Crippen LogP contribution in [0.2, 0.25) is 0 Å². The number of ether oxygens (including phenoxy) is 4. The summed E-state index contributed by atoms with van der Waals surface area (Å²) < 4.78 is 25.1. The van der Waals surface area contributed by atoms with Crippen LogP contribution in [0.25, 0.3) is 0 Å². The summed E-state index contributed by atoms with van der Waals surface area (Å²) >= 11 is 0. The first-order valence-electron chi connectivity index (χ1n) is 9.91. The summed E-state index contributed by atoms with van der Waals surface area (Å²) in [4.78, 5) is 13.3. The van der Waals surface area contributed by atoms with E-state index in [0.717, 1.165) is 32.5 Å². The van der Waals surface area contributed by atoms with Crippen LogP contribution in [0, 0.1) is 34.0 Å². The van der Waals surface area contributed by atoms with Crippen molar-refractivity contribution in [1.29, 1.82) is 0 Å². The number of esters is 1. The number of hydrogen-bond acceptors (Lipinski definition) is 5. The van der Waals surface area contributed by atoms with Gasteiger partial charge in [-0.15, -0.1) is 0 Å². The highest BCUT2D eigenvalue weighted by Gasteiger charge is 2.94. The summed E-state index contributed by atoms with van der Waals surface area (Å²) in [6.07, 6.45) is 2.63. The predicted molar refractivity (Wildman–Crippen MR) is 87.5 cm³/mol. The van der Waals surface area contributed by atoms with E-state index in [4.69, 9.17) is 18.9 Å². The largest absolute Gasteiger partial charge is 0.459 e. The molecular formula is C20H28O5. The van der Waals surface area contributed by atoms with Crippen molar-refractivity contribution in [2.45, 2.75) is 71.1 Å². The fourth-order valence-electron chi connectivity index (χ4n) is 8.33. The van der Waals surface area contributed by atoms with Crippen molar-refractivity contribution >= 4 is 5.97 Å². The Kier molecular flexibility index (Phi) is 2.53. The Labute approximate surface area is 148 Å². The summed E-state index contributed by atoms with van der Waals surface area (Å²) in [5.74, 6) is 0.726. The molecule has 6 rings (SSSR count). The van der Waals surface area contributed by atoms with Gasteiger partial charge in [0.1, 0.15) is 6.10 Å². The molecule has 138 valence electrons. The molecule has 2 saturated carbocycles. The molecule has 4 heterocycles. The summed E-state index contributed by atoms with van der Waals surface area (Å²) in [6, 6.07) is 0. The van der Waals surface area contributed by atoms with Crippen molar-refractivity contribution in [3.8, 4) is 0 Å². The van der Waals surface area contributed by atoms with Gasteiger partial charge in [0, 0.05) is 17.9 Å². The zero-order chi connectivity index (χ0) is 17.4. The first kappa shape index (κ1) is 15.4. The third-order valence-corrected chi connectivity index (χ3v) is 8.79. The van der Waals surface area contributed by atoms with Crippen LogP contribution in [0.4, 0.5) is 0 Å². The zero-order valence-corrected chi connectivity index (χ0v) is 15.5. The van der Waals surface area contributed by atoms with Crippen LogP contribution in [0.5, 0.6) is 0 Å². The second-order valence-corrected chi connectivity index (χ2v) is 10.4. The third-order valence-electron chi connectivity index (χ3n) is 8.79. The van der Waals surface area contributed by atoms with Crippen LogP contribution in [-0.2, 0) is 23.7 Å². The second kappa shape index (κ2) is 4.10. The van der Waals surface area contributed by atoms with E-state index >= 15 is 0 Å². The molecule has 0 radical (unpaired) electrons. The van der Waals surface area contributed by atoms with Crippen molar-refractivity contribution in [2.75, 3.05) is 13.2 Å². The molecule has 6 aliphatic rings. The van der Waals surface area contributed by atoms with E-state index in [1.165, 1.54) is 0 Å². The molecule has 5 nitrogen and oxygen atoms in total. The summed E-state index contributed by atoms with van der Waals surface area (Å²) in [5.41, 5.74) is -1.10. The molecule has 0 aromatic rings. The van der Waals surface area contributed by atoms with Crippen LogP contribution < -0.4 is 0 Å². The average Bonchev–Trinajstić information content (AvgIpc) is 3.25. The lowest BCUT2D eigenvalue weighted by atomic mass is 9.53. The Hall–Kier alpha value is -0.650.